The molecule has 1 aliphatic rings. The first-order valence-corrected chi connectivity index (χ1v) is 8.84. The summed E-state index contributed by atoms with van der Waals surface area (Å²) >= 11 is 0. The van der Waals surface area contributed by atoms with E-state index in [0.29, 0.717) is 6.42 Å². The van der Waals surface area contributed by atoms with Crippen LogP contribution in [0.4, 0.5) is 0 Å². The molecule has 1 rings (SSSR count). The molecule has 0 bridgehead atoms. The maximum absolute atomic E-state index is 11.9. The largest absolute Gasteiger partial charge is 0.361 e. The van der Waals surface area contributed by atoms with E-state index in [2.05, 4.69) is 19.6 Å². The molecule has 0 saturated carbocycles. The van der Waals surface area contributed by atoms with Crippen molar-refractivity contribution in [3.8, 4) is 0 Å². The minimum atomic E-state index is -3.20. The van der Waals surface area contributed by atoms with Gasteiger partial charge in [-0.25, -0.2) is 0 Å². The van der Waals surface area contributed by atoms with Crippen molar-refractivity contribution in [2.75, 3.05) is 14.2 Å². The van der Waals surface area contributed by atoms with Gasteiger partial charge in [0, 0.05) is 20.6 Å². The second-order valence-electron chi connectivity index (χ2n) is 6.04. The van der Waals surface area contributed by atoms with Crippen molar-refractivity contribution < 1.29 is 18.4 Å². The Kier molecular flexibility index (Phi) is 6.34. The Morgan fingerprint density at radius 2 is 1.91 bits per heavy atom. The Labute approximate surface area is 133 Å². The van der Waals surface area contributed by atoms with Gasteiger partial charge < -0.3 is 9.05 Å². The highest BCUT2D eigenvalue weighted by Crippen LogP contribution is 2.47. The van der Waals surface area contributed by atoms with Gasteiger partial charge in [0.05, 0.1) is 5.82 Å². The number of ketones is 1. The lowest BCUT2D eigenvalue weighted by Gasteiger charge is -2.32. The molecule has 0 aromatic rings. The van der Waals surface area contributed by atoms with E-state index in [1.165, 1.54) is 20.0 Å². The average Bonchev–Trinajstić information content (AvgIpc) is 2.48. The van der Waals surface area contributed by atoms with Gasteiger partial charge in [0.1, 0.15) is 0 Å². The molecule has 0 saturated heterocycles. The molecule has 22 heavy (non-hydrogen) atoms. The van der Waals surface area contributed by atoms with Crippen molar-refractivity contribution in [1.29, 1.82) is 0 Å². The Balaban J connectivity index is 3.10. The zero-order valence-corrected chi connectivity index (χ0v) is 15.1. The molecule has 0 spiro atoms. The SMILES string of the molecule is COP(=O)(C=C=C(C)/C=C/C1=C(C)C(=O)CCC1(C)C)OC. The minimum Gasteiger partial charge on any atom is -0.309 e. The smallest absolute Gasteiger partial charge is 0.309 e. The number of carbonyl (C=O) groups excluding carboxylic acids is 1. The van der Waals surface area contributed by atoms with Crippen LogP contribution in [0.3, 0.4) is 0 Å². The summed E-state index contributed by atoms with van der Waals surface area (Å²) in [6.07, 6.45) is 5.28. The molecular formula is C17H25O4P. The summed E-state index contributed by atoms with van der Waals surface area (Å²) < 4.78 is 21.5. The second-order valence-corrected chi connectivity index (χ2v) is 8.11. The molecule has 5 heteroatoms. The number of hydrogen-bond acceptors (Lipinski definition) is 4. The summed E-state index contributed by atoms with van der Waals surface area (Å²) in [4.78, 5) is 11.9. The molecular weight excluding hydrogens is 299 g/mol. The Morgan fingerprint density at radius 3 is 2.45 bits per heavy atom. The van der Waals surface area contributed by atoms with E-state index in [1.54, 1.807) is 0 Å². The molecule has 0 unspecified atom stereocenters. The normalized spacial score (nSPS) is 18.5. The summed E-state index contributed by atoms with van der Waals surface area (Å²) in [5.41, 5.74) is 5.53. The number of rotatable bonds is 5. The fourth-order valence-electron chi connectivity index (χ4n) is 2.37. The summed E-state index contributed by atoms with van der Waals surface area (Å²) in [5.74, 6) is 1.52. The number of allylic oxidation sites excluding steroid dienone is 5. The molecule has 0 fully saturated rings. The van der Waals surface area contributed by atoms with E-state index in [0.717, 1.165) is 23.1 Å². The highest BCUT2D eigenvalue weighted by molar-refractivity contribution is 7.57. The fraction of sp³-hybridized carbons (Fsp3) is 0.529. The minimum absolute atomic E-state index is 0.0210. The van der Waals surface area contributed by atoms with Crippen LogP contribution in [0, 0.1) is 5.41 Å². The second kappa shape index (κ2) is 7.39. The zero-order chi connectivity index (χ0) is 17.0. The van der Waals surface area contributed by atoms with Crippen LogP contribution in [0.25, 0.3) is 0 Å². The lowest BCUT2D eigenvalue weighted by Crippen LogP contribution is -2.24. The molecule has 0 atom stereocenters. The molecule has 0 heterocycles. The van der Waals surface area contributed by atoms with Gasteiger partial charge in [0.15, 0.2) is 5.78 Å². The van der Waals surface area contributed by atoms with Gasteiger partial charge in [0.25, 0.3) is 0 Å². The van der Waals surface area contributed by atoms with Crippen molar-refractivity contribution in [2.24, 2.45) is 5.41 Å². The summed E-state index contributed by atoms with van der Waals surface area (Å²) in [6.45, 7) is 8.00. The number of carbonyl (C=O) groups is 1. The van der Waals surface area contributed by atoms with E-state index >= 15 is 0 Å². The first-order valence-electron chi connectivity index (χ1n) is 7.23. The maximum atomic E-state index is 11.9. The van der Waals surface area contributed by atoms with Crippen LogP contribution in [-0.2, 0) is 18.4 Å². The lowest BCUT2D eigenvalue weighted by atomic mass is 9.72. The summed E-state index contributed by atoms with van der Waals surface area (Å²) in [6, 6.07) is 0. The van der Waals surface area contributed by atoms with Crippen LogP contribution in [0.15, 0.2) is 40.4 Å². The van der Waals surface area contributed by atoms with E-state index < -0.39 is 7.60 Å². The van der Waals surface area contributed by atoms with Gasteiger partial charge in [-0.15, -0.1) is 5.73 Å². The quantitative estimate of drug-likeness (QED) is 0.414. The molecule has 4 nitrogen and oxygen atoms in total. The van der Waals surface area contributed by atoms with Crippen LogP contribution in [0.1, 0.15) is 40.5 Å². The third-order valence-electron chi connectivity index (χ3n) is 3.99. The van der Waals surface area contributed by atoms with Crippen LogP contribution in [0.5, 0.6) is 0 Å². The molecule has 0 aromatic heterocycles. The van der Waals surface area contributed by atoms with Gasteiger partial charge in [-0.3, -0.25) is 9.36 Å². The average molecular weight is 324 g/mol. The van der Waals surface area contributed by atoms with Crippen molar-refractivity contribution in [1.82, 2.24) is 0 Å². The van der Waals surface area contributed by atoms with Gasteiger partial charge in [-0.05, 0) is 42.4 Å². The monoisotopic (exact) mass is 324 g/mol. The number of Topliss-reactive ketones (excluding diaryl/α,β-unsaturated/α-hetero) is 1. The van der Waals surface area contributed by atoms with Crippen molar-refractivity contribution >= 4 is 13.4 Å². The predicted octanol–water partition coefficient (Wildman–Crippen LogP) is 4.79. The van der Waals surface area contributed by atoms with Gasteiger partial charge in [0.2, 0.25) is 0 Å². The first-order chi connectivity index (χ1) is 10.1. The molecule has 0 N–H and O–H groups in total. The van der Waals surface area contributed by atoms with Gasteiger partial charge in [-0.1, -0.05) is 26.0 Å². The van der Waals surface area contributed by atoms with Crippen molar-refractivity contribution in [3.63, 3.8) is 0 Å². The third kappa shape index (κ3) is 4.66. The van der Waals surface area contributed by atoms with Crippen molar-refractivity contribution in [2.45, 2.75) is 40.5 Å². The topological polar surface area (TPSA) is 52.6 Å². The van der Waals surface area contributed by atoms with E-state index in [9.17, 15) is 9.36 Å². The molecule has 122 valence electrons. The Morgan fingerprint density at radius 1 is 1.32 bits per heavy atom. The molecule has 0 amide bonds. The zero-order valence-electron chi connectivity index (χ0n) is 14.2. The summed E-state index contributed by atoms with van der Waals surface area (Å²) in [7, 11) is -0.533. The molecule has 0 radical (unpaired) electrons. The standard InChI is InChI=1S/C17H25O4P/c1-13(10-12-22(19,20-5)21-6)7-8-15-14(2)16(18)9-11-17(15,3)4/h7-8,12H,9,11H2,1-6H3/b8-7+. The summed E-state index contributed by atoms with van der Waals surface area (Å²) in [5, 5.41) is 0. The van der Waals surface area contributed by atoms with Gasteiger partial charge in [-0.2, -0.15) is 0 Å². The first kappa shape index (κ1) is 18.9. The Bertz CT molecular complexity index is 609. The van der Waals surface area contributed by atoms with E-state index in [-0.39, 0.29) is 11.2 Å². The van der Waals surface area contributed by atoms with E-state index in [1.807, 2.05) is 26.0 Å². The molecule has 0 aliphatic heterocycles. The van der Waals surface area contributed by atoms with Crippen LogP contribution < -0.4 is 0 Å². The van der Waals surface area contributed by atoms with Crippen LogP contribution >= 0.6 is 7.60 Å². The predicted molar refractivity (Wildman–Crippen MR) is 88.8 cm³/mol. The molecule has 1 aliphatic carbocycles. The van der Waals surface area contributed by atoms with Crippen molar-refractivity contribution in [3.05, 3.63) is 40.4 Å². The fourth-order valence-corrected chi connectivity index (χ4v) is 3.10. The van der Waals surface area contributed by atoms with Gasteiger partial charge >= 0.3 is 7.60 Å². The highest BCUT2D eigenvalue weighted by atomic mass is 31.2. The number of hydrogen-bond donors (Lipinski definition) is 0. The lowest BCUT2D eigenvalue weighted by molar-refractivity contribution is -0.116. The third-order valence-corrected chi connectivity index (χ3v) is 5.45. The molecule has 0 aromatic carbocycles. The maximum Gasteiger partial charge on any atom is 0.361 e. The Hall–Kier alpha value is -1.18. The highest BCUT2D eigenvalue weighted by Gasteiger charge is 2.30. The van der Waals surface area contributed by atoms with E-state index in [4.69, 9.17) is 9.05 Å². The van der Waals surface area contributed by atoms with Crippen LogP contribution in [-0.4, -0.2) is 20.0 Å². The van der Waals surface area contributed by atoms with Crippen LogP contribution in [0.2, 0.25) is 0 Å².